The number of nitrogens with zero attached hydrogens (tertiary/aromatic N) is 4. The van der Waals surface area contributed by atoms with Crippen LogP contribution in [0.25, 0.3) is 27.4 Å². The first-order valence-corrected chi connectivity index (χ1v) is 14.8. The molecule has 0 spiro atoms. The van der Waals surface area contributed by atoms with Crippen molar-refractivity contribution < 1.29 is 28.2 Å². The van der Waals surface area contributed by atoms with Crippen LogP contribution in [-0.2, 0) is 9.47 Å². The van der Waals surface area contributed by atoms with Gasteiger partial charge >= 0.3 is 6.09 Å². The number of piperazine rings is 1. The number of halogens is 1. The van der Waals surface area contributed by atoms with Gasteiger partial charge < -0.3 is 33.5 Å². The van der Waals surface area contributed by atoms with Crippen LogP contribution >= 0.6 is 0 Å². The number of hydrogen-bond acceptors (Lipinski definition) is 7. The van der Waals surface area contributed by atoms with Gasteiger partial charge in [-0.3, -0.25) is 9.59 Å². The van der Waals surface area contributed by atoms with Crippen LogP contribution in [0.4, 0.5) is 14.9 Å². The number of pyridine rings is 1. The van der Waals surface area contributed by atoms with Gasteiger partial charge in [0.25, 0.3) is 5.91 Å². The number of carbonyl (C=O) groups excluding carboxylic acids is 2. The van der Waals surface area contributed by atoms with Gasteiger partial charge in [0.2, 0.25) is 5.43 Å². The van der Waals surface area contributed by atoms with Gasteiger partial charge in [0.15, 0.2) is 17.3 Å². The molecule has 7 rings (SSSR count). The Morgan fingerprint density at radius 1 is 0.886 bits per heavy atom. The quantitative estimate of drug-likeness (QED) is 0.284. The minimum absolute atomic E-state index is 0.0377. The number of morpholine rings is 1. The van der Waals surface area contributed by atoms with E-state index >= 15 is 4.39 Å². The molecule has 2 fully saturated rings. The predicted molar refractivity (Wildman–Crippen MR) is 164 cm³/mol. The summed E-state index contributed by atoms with van der Waals surface area (Å²) in [5, 5.41) is 1.88. The van der Waals surface area contributed by atoms with Crippen molar-refractivity contribution in [2.75, 3.05) is 57.4 Å². The third-order valence-corrected chi connectivity index (χ3v) is 8.26. The van der Waals surface area contributed by atoms with E-state index in [4.69, 9.17) is 14.2 Å². The molecule has 4 heterocycles. The maximum atomic E-state index is 16.2. The van der Waals surface area contributed by atoms with E-state index in [1.807, 2.05) is 62.1 Å². The number of benzene rings is 3. The molecule has 2 saturated heterocycles. The van der Waals surface area contributed by atoms with Crippen LogP contribution in [-0.4, -0.2) is 84.5 Å². The van der Waals surface area contributed by atoms with Crippen LogP contribution in [0.2, 0.25) is 0 Å². The highest BCUT2D eigenvalue weighted by atomic mass is 19.1. The summed E-state index contributed by atoms with van der Waals surface area (Å²) in [5.74, 6) is -0.371. The van der Waals surface area contributed by atoms with Crippen LogP contribution in [0.1, 0.15) is 31.1 Å². The Hall–Kier alpha value is -4.64. The predicted octanol–water partition coefficient (Wildman–Crippen LogP) is 4.92. The van der Waals surface area contributed by atoms with Crippen molar-refractivity contribution in [1.82, 2.24) is 14.4 Å². The second-order valence-electron chi connectivity index (χ2n) is 12.3. The Labute approximate surface area is 253 Å². The SMILES string of the molecule is CC(C)(C)OC(=O)N1CCN(c2c(F)cc3c(=O)c(C(=O)N4CCOCC4)cn4c3c2Oc2ccc3ccccc3c2-4)CC1. The van der Waals surface area contributed by atoms with Crippen molar-refractivity contribution >= 4 is 39.4 Å². The molecule has 44 heavy (non-hydrogen) atoms. The highest BCUT2D eigenvalue weighted by Gasteiger charge is 2.34. The molecule has 0 aliphatic carbocycles. The monoisotopic (exact) mass is 600 g/mol. The van der Waals surface area contributed by atoms with Crippen LogP contribution < -0.4 is 15.1 Å². The first kappa shape index (κ1) is 28.1. The molecule has 4 aromatic rings. The number of aromatic nitrogens is 1. The normalized spacial score (nSPS) is 16.6. The summed E-state index contributed by atoms with van der Waals surface area (Å²) < 4.78 is 35.4. The van der Waals surface area contributed by atoms with Gasteiger partial charge in [-0.05, 0) is 38.3 Å². The minimum atomic E-state index is -0.637. The first-order chi connectivity index (χ1) is 21.1. The summed E-state index contributed by atoms with van der Waals surface area (Å²) in [6.45, 7) is 8.27. The smallest absolute Gasteiger partial charge is 0.410 e. The van der Waals surface area contributed by atoms with E-state index in [0.29, 0.717) is 69.4 Å². The molecule has 3 aliphatic rings. The average Bonchev–Trinajstić information content (AvgIpc) is 3.01. The summed E-state index contributed by atoms with van der Waals surface area (Å²) in [5.41, 5.74) is 0.0542. The van der Waals surface area contributed by atoms with Gasteiger partial charge in [0, 0.05) is 50.9 Å². The number of hydrogen-bond donors (Lipinski definition) is 0. The molecule has 11 heteroatoms. The molecule has 0 bridgehead atoms. The van der Waals surface area contributed by atoms with Crippen molar-refractivity contribution in [1.29, 1.82) is 0 Å². The standard InChI is InChI=1S/C33H33FN4O6/c1-33(2,3)44-32(41)37-12-10-35(11-13-37)28-24(34)18-22-27-30(28)43-25-9-8-20-6-4-5-7-21(20)26(25)38(27)19-23(29(22)39)31(40)36-14-16-42-17-15-36/h4-9,18-19H,10-17H2,1-3H3. The van der Waals surface area contributed by atoms with Gasteiger partial charge in [-0.2, -0.15) is 0 Å². The minimum Gasteiger partial charge on any atom is -0.451 e. The molecule has 1 aromatic heterocycles. The van der Waals surface area contributed by atoms with E-state index in [2.05, 4.69) is 0 Å². The van der Waals surface area contributed by atoms with E-state index < -0.39 is 28.8 Å². The number of amides is 2. The van der Waals surface area contributed by atoms with Crippen LogP contribution in [0.5, 0.6) is 11.5 Å². The summed E-state index contributed by atoms with van der Waals surface area (Å²) in [7, 11) is 0. The number of rotatable bonds is 2. The highest BCUT2D eigenvalue weighted by Crippen LogP contribution is 2.48. The summed E-state index contributed by atoms with van der Waals surface area (Å²) in [6, 6.07) is 12.7. The lowest BCUT2D eigenvalue weighted by Gasteiger charge is -2.38. The van der Waals surface area contributed by atoms with E-state index in [0.717, 1.165) is 10.8 Å². The number of carbonyl (C=O) groups is 2. The first-order valence-electron chi connectivity index (χ1n) is 14.8. The summed E-state index contributed by atoms with van der Waals surface area (Å²) in [6.07, 6.45) is 1.16. The van der Waals surface area contributed by atoms with Gasteiger partial charge in [-0.25, -0.2) is 9.18 Å². The van der Waals surface area contributed by atoms with Crippen molar-refractivity contribution in [2.24, 2.45) is 0 Å². The van der Waals surface area contributed by atoms with Gasteiger partial charge in [0.1, 0.15) is 22.4 Å². The van der Waals surface area contributed by atoms with Gasteiger partial charge in [-0.15, -0.1) is 0 Å². The van der Waals surface area contributed by atoms with Crippen LogP contribution in [0.3, 0.4) is 0 Å². The molecular formula is C33H33FN4O6. The maximum absolute atomic E-state index is 16.2. The molecular weight excluding hydrogens is 567 g/mol. The average molecular weight is 601 g/mol. The Morgan fingerprint density at radius 2 is 1.61 bits per heavy atom. The zero-order valence-corrected chi connectivity index (χ0v) is 24.9. The lowest BCUT2D eigenvalue weighted by Crippen LogP contribution is -2.50. The Morgan fingerprint density at radius 3 is 2.34 bits per heavy atom. The van der Waals surface area contributed by atoms with Gasteiger partial charge in [0.05, 0.1) is 24.3 Å². The van der Waals surface area contributed by atoms with Crippen molar-refractivity contribution in [3.05, 3.63) is 70.3 Å². The number of fused-ring (bicyclic) bond motifs is 4. The summed E-state index contributed by atoms with van der Waals surface area (Å²) >= 11 is 0. The van der Waals surface area contributed by atoms with Crippen molar-refractivity contribution in [3.63, 3.8) is 0 Å². The fraction of sp³-hybridized carbons (Fsp3) is 0.364. The molecule has 0 N–H and O–H groups in total. The Bertz CT molecular complexity index is 1880. The van der Waals surface area contributed by atoms with Crippen molar-refractivity contribution in [3.8, 4) is 17.2 Å². The van der Waals surface area contributed by atoms with E-state index in [1.54, 1.807) is 20.6 Å². The number of anilines is 1. The third-order valence-electron chi connectivity index (χ3n) is 8.26. The number of ether oxygens (including phenoxy) is 3. The highest BCUT2D eigenvalue weighted by molar-refractivity contribution is 6.04. The molecule has 0 radical (unpaired) electrons. The molecule has 3 aliphatic heterocycles. The van der Waals surface area contributed by atoms with E-state index in [9.17, 15) is 14.4 Å². The van der Waals surface area contributed by atoms with Crippen molar-refractivity contribution in [2.45, 2.75) is 26.4 Å². The second-order valence-corrected chi connectivity index (χ2v) is 12.3. The van der Waals surface area contributed by atoms with Crippen LogP contribution in [0.15, 0.2) is 53.5 Å². The molecule has 3 aromatic carbocycles. The third kappa shape index (κ3) is 4.71. The fourth-order valence-corrected chi connectivity index (χ4v) is 6.19. The lowest BCUT2D eigenvalue weighted by molar-refractivity contribution is 0.0240. The zero-order valence-electron chi connectivity index (χ0n) is 24.9. The topological polar surface area (TPSA) is 93.5 Å². The summed E-state index contributed by atoms with van der Waals surface area (Å²) in [4.78, 5) is 45.3. The lowest BCUT2D eigenvalue weighted by atomic mass is 10.0. The fourth-order valence-electron chi connectivity index (χ4n) is 6.19. The Kier molecular flexibility index (Phi) is 6.73. The van der Waals surface area contributed by atoms with Gasteiger partial charge in [-0.1, -0.05) is 30.3 Å². The molecule has 228 valence electrons. The largest absolute Gasteiger partial charge is 0.451 e. The Balaban J connectivity index is 1.38. The molecule has 0 unspecified atom stereocenters. The van der Waals surface area contributed by atoms with E-state index in [-0.39, 0.29) is 22.4 Å². The van der Waals surface area contributed by atoms with E-state index in [1.165, 1.54) is 6.07 Å². The molecule has 0 saturated carbocycles. The molecule has 0 atom stereocenters. The molecule has 10 nitrogen and oxygen atoms in total. The second kappa shape index (κ2) is 10.5. The molecule has 2 amide bonds. The maximum Gasteiger partial charge on any atom is 0.410 e. The van der Waals surface area contributed by atoms with Crippen LogP contribution in [0, 0.1) is 5.82 Å². The zero-order chi connectivity index (χ0) is 30.7.